The number of benzene rings is 1. The molecule has 0 radical (unpaired) electrons. The van der Waals surface area contributed by atoms with Crippen molar-refractivity contribution in [1.82, 2.24) is 15.5 Å². The van der Waals surface area contributed by atoms with E-state index in [1.165, 1.54) is 11.1 Å². The fraction of sp³-hybridized carbons (Fsp3) is 0.619. The van der Waals surface area contributed by atoms with E-state index in [2.05, 4.69) is 39.9 Å². The van der Waals surface area contributed by atoms with Crippen LogP contribution in [0.25, 0.3) is 0 Å². The molecule has 1 aromatic rings. The molecular formula is C21H32N4O3. The van der Waals surface area contributed by atoms with Crippen molar-refractivity contribution in [1.29, 1.82) is 0 Å². The lowest BCUT2D eigenvalue weighted by molar-refractivity contribution is -0.128. The lowest BCUT2D eigenvalue weighted by Crippen LogP contribution is -2.37. The largest absolute Gasteiger partial charge is 0.379 e. The first-order valence-corrected chi connectivity index (χ1v) is 10.2. The van der Waals surface area contributed by atoms with Crippen LogP contribution in [0.5, 0.6) is 0 Å². The van der Waals surface area contributed by atoms with E-state index in [4.69, 9.17) is 9.47 Å². The molecule has 1 unspecified atom stereocenters. The monoisotopic (exact) mass is 388 g/mol. The third kappa shape index (κ3) is 6.49. The zero-order chi connectivity index (χ0) is 19.6. The minimum atomic E-state index is 0.266. The van der Waals surface area contributed by atoms with Crippen LogP contribution in [-0.2, 0) is 27.4 Å². The molecule has 1 atom stereocenters. The van der Waals surface area contributed by atoms with Gasteiger partial charge in [0.1, 0.15) is 0 Å². The summed E-state index contributed by atoms with van der Waals surface area (Å²) in [5, 5.41) is 6.64. The number of carbonyl (C=O) groups is 1. The Kier molecular flexibility index (Phi) is 8.11. The van der Waals surface area contributed by atoms with Gasteiger partial charge in [-0.3, -0.25) is 9.79 Å². The molecule has 0 spiro atoms. The van der Waals surface area contributed by atoms with E-state index in [1.54, 1.807) is 7.05 Å². The van der Waals surface area contributed by atoms with Gasteiger partial charge in [0, 0.05) is 52.9 Å². The van der Waals surface area contributed by atoms with Crippen molar-refractivity contribution < 1.29 is 14.3 Å². The number of carbonyl (C=O) groups excluding carboxylic acids is 1. The molecule has 2 aliphatic heterocycles. The summed E-state index contributed by atoms with van der Waals surface area (Å²) in [6.07, 6.45) is 3.87. The number of guanidine groups is 1. The quantitative estimate of drug-likeness (QED) is 0.382. The average molecular weight is 389 g/mol. The maximum atomic E-state index is 11.7. The Morgan fingerprint density at radius 2 is 2.11 bits per heavy atom. The van der Waals surface area contributed by atoms with Crippen molar-refractivity contribution in [2.24, 2.45) is 4.99 Å². The fourth-order valence-electron chi connectivity index (χ4n) is 3.43. The van der Waals surface area contributed by atoms with Gasteiger partial charge in [0.2, 0.25) is 5.91 Å². The van der Waals surface area contributed by atoms with Gasteiger partial charge in [-0.2, -0.15) is 0 Å². The minimum absolute atomic E-state index is 0.266. The average Bonchev–Trinajstić information content (AvgIpc) is 3.37. The predicted octanol–water partition coefficient (Wildman–Crippen LogP) is 1.67. The van der Waals surface area contributed by atoms with E-state index in [-0.39, 0.29) is 12.0 Å². The first kappa shape index (κ1) is 20.6. The molecule has 3 rings (SSSR count). The summed E-state index contributed by atoms with van der Waals surface area (Å²) in [7, 11) is 1.78. The number of hydrogen-bond donors (Lipinski definition) is 2. The third-order valence-corrected chi connectivity index (χ3v) is 5.11. The van der Waals surface area contributed by atoms with Gasteiger partial charge in [0.05, 0.1) is 12.7 Å². The highest BCUT2D eigenvalue weighted by Gasteiger charge is 2.19. The van der Waals surface area contributed by atoms with Crippen LogP contribution in [0.2, 0.25) is 0 Å². The maximum Gasteiger partial charge on any atom is 0.222 e. The Labute approximate surface area is 167 Å². The second kappa shape index (κ2) is 11.0. The van der Waals surface area contributed by atoms with Crippen LogP contribution in [0.1, 0.15) is 36.8 Å². The molecule has 7 nitrogen and oxygen atoms in total. The van der Waals surface area contributed by atoms with E-state index >= 15 is 0 Å². The summed E-state index contributed by atoms with van der Waals surface area (Å²) in [4.78, 5) is 17.9. The van der Waals surface area contributed by atoms with E-state index < -0.39 is 0 Å². The summed E-state index contributed by atoms with van der Waals surface area (Å²) in [5.74, 6) is 1.05. The molecule has 2 aliphatic rings. The van der Waals surface area contributed by atoms with Crippen LogP contribution in [0.3, 0.4) is 0 Å². The summed E-state index contributed by atoms with van der Waals surface area (Å²) in [5.41, 5.74) is 2.36. The molecular weight excluding hydrogens is 356 g/mol. The molecule has 1 amide bonds. The number of ether oxygens (including phenoxy) is 2. The molecule has 0 aliphatic carbocycles. The van der Waals surface area contributed by atoms with Gasteiger partial charge in [0.15, 0.2) is 5.96 Å². The standard InChI is InChI=1S/C21H32N4O3/c1-22-21(23-10-3-12-28-19-9-13-27-16-19)24-14-17-5-7-18(8-6-17)15-25-11-2-4-20(25)26/h5-8,19H,2-4,9-16H2,1H3,(H2,22,23,24). The second-order valence-corrected chi connectivity index (χ2v) is 7.30. The van der Waals surface area contributed by atoms with Crippen LogP contribution >= 0.6 is 0 Å². The highest BCUT2D eigenvalue weighted by atomic mass is 16.5. The van der Waals surface area contributed by atoms with E-state index in [1.807, 2.05) is 4.90 Å². The van der Waals surface area contributed by atoms with Crippen molar-refractivity contribution >= 4 is 11.9 Å². The highest BCUT2D eigenvalue weighted by Crippen LogP contribution is 2.14. The molecule has 2 fully saturated rings. The molecule has 2 saturated heterocycles. The van der Waals surface area contributed by atoms with Crippen LogP contribution in [0.4, 0.5) is 0 Å². The minimum Gasteiger partial charge on any atom is -0.379 e. The highest BCUT2D eigenvalue weighted by molar-refractivity contribution is 5.79. The maximum absolute atomic E-state index is 11.7. The molecule has 0 aromatic heterocycles. The van der Waals surface area contributed by atoms with Crippen LogP contribution in [0, 0.1) is 0 Å². The van der Waals surface area contributed by atoms with Gasteiger partial charge in [-0.15, -0.1) is 0 Å². The Bertz CT molecular complexity index is 642. The molecule has 1 aromatic carbocycles. The van der Waals surface area contributed by atoms with Crippen molar-refractivity contribution in [2.75, 3.05) is 40.0 Å². The Morgan fingerprint density at radius 1 is 1.29 bits per heavy atom. The Hall–Kier alpha value is -2.12. The number of rotatable bonds is 9. The summed E-state index contributed by atoms with van der Waals surface area (Å²) < 4.78 is 11.1. The smallest absolute Gasteiger partial charge is 0.222 e. The zero-order valence-corrected chi connectivity index (χ0v) is 16.8. The molecule has 2 heterocycles. The predicted molar refractivity (Wildman–Crippen MR) is 109 cm³/mol. The van der Waals surface area contributed by atoms with Crippen molar-refractivity contribution in [2.45, 2.75) is 44.9 Å². The lowest BCUT2D eigenvalue weighted by Gasteiger charge is -2.16. The van der Waals surface area contributed by atoms with E-state index in [0.29, 0.717) is 19.5 Å². The summed E-state index contributed by atoms with van der Waals surface area (Å²) >= 11 is 0. The number of nitrogens with zero attached hydrogens (tertiary/aromatic N) is 2. The number of hydrogen-bond acceptors (Lipinski definition) is 4. The summed E-state index contributed by atoms with van der Waals surface area (Å²) in [6, 6.07) is 8.41. The molecule has 0 bridgehead atoms. The first-order chi connectivity index (χ1) is 13.7. The van der Waals surface area contributed by atoms with E-state index in [9.17, 15) is 4.79 Å². The lowest BCUT2D eigenvalue weighted by atomic mass is 10.1. The topological polar surface area (TPSA) is 75.2 Å². The Balaban J connectivity index is 1.32. The van der Waals surface area contributed by atoms with Gasteiger partial charge < -0.3 is 25.0 Å². The second-order valence-electron chi connectivity index (χ2n) is 7.30. The summed E-state index contributed by atoms with van der Waals surface area (Å²) in [6.45, 7) is 5.39. The van der Waals surface area contributed by atoms with Crippen molar-refractivity contribution in [3.05, 3.63) is 35.4 Å². The van der Waals surface area contributed by atoms with Gasteiger partial charge in [0.25, 0.3) is 0 Å². The first-order valence-electron chi connectivity index (χ1n) is 10.2. The van der Waals surface area contributed by atoms with Gasteiger partial charge >= 0.3 is 0 Å². The normalized spacial score (nSPS) is 20.0. The van der Waals surface area contributed by atoms with E-state index in [0.717, 1.165) is 58.1 Å². The van der Waals surface area contributed by atoms with Gasteiger partial charge in [-0.05, 0) is 30.4 Å². The number of likely N-dealkylation sites (tertiary alicyclic amines) is 1. The van der Waals surface area contributed by atoms with Crippen LogP contribution in [0.15, 0.2) is 29.3 Å². The Morgan fingerprint density at radius 3 is 2.79 bits per heavy atom. The fourth-order valence-corrected chi connectivity index (χ4v) is 3.43. The van der Waals surface area contributed by atoms with Gasteiger partial charge in [-0.25, -0.2) is 0 Å². The number of aliphatic imine (C=N–C) groups is 1. The molecule has 28 heavy (non-hydrogen) atoms. The van der Waals surface area contributed by atoms with Gasteiger partial charge in [-0.1, -0.05) is 24.3 Å². The van der Waals surface area contributed by atoms with Crippen LogP contribution < -0.4 is 10.6 Å². The molecule has 154 valence electrons. The van der Waals surface area contributed by atoms with Crippen molar-refractivity contribution in [3.63, 3.8) is 0 Å². The van der Waals surface area contributed by atoms with Crippen molar-refractivity contribution in [3.8, 4) is 0 Å². The molecule has 2 N–H and O–H groups in total. The third-order valence-electron chi connectivity index (χ3n) is 5.11. The molecule has 0 saturated carbocycles. The number of amides is 1. The molecule has 7 heteroatoms. The number of nitrogens with one attached hydrogen (secondary N) is 2. The zero-order valence-electron chi connectivity index (χ0n) is 16.8. The SMILES string of the molecule is CN=C(NCCCOC1CCOC1)NCc1ccc(CN2CCCC2=O)cc1. The van der Waals surface area contributed by atoms with Crippen LogP contribution in [-0.4, -0.2) is 62.8 Å².